The van der Waals surface area contributed by atoms with Gasteiger partial charge in [-0.3, -0.25) is 9.69 Å². The first-order valence-electron chi connectivity index (χ1n) is 9.82. The fourth-order valence-corrected chi connectivity index (χ4v) is 4.17. The van der Waals surface area contributed by atoms with Gasteiger partial charge in [0.25, 0.3) is 5.97 Å². The first kappa shape index (κ1) is 19.0. The molecule has 1 saturated heterocycles. The highest BCUT2D eigenvalue weighted by Gasteiger charge is 2.31. The normalized spacial score (nSPS) is 17.3. The zero-order chi connectivity index (χ0) is 18.4. The van der Waals surface area contributed by atoms with E-state index in [1.54, 1.807) is 0 Å². The van der Waals surface area contributed by atoms with Crippen LogP contribution in [0.3, 0.4) is 0 Å². The summed E-state index contributed by atoms with van der Waals surface area (Å²) in [7, 11) is 5.17. The number of unbranched alkanes of at least 4 members (excludes halogenated alkanes) is 1. The second kappa shape index (κ2) is 9.22. The summed E-state index contributed by atoms with van der Waals surface area (Å²) >= 11 is 0. The van der Waals surface area contributed by atoms with Crippen LogP contribution in [0, 0.1) is 11.8 Å². The van der Waals surface area contributed by atoms with Crippen molar-refractivity contribution in [1.82, 2.24) is 4.90 Å². The third-order valence-corrected chi connectivity index (χ3v) is 5.71. The molecule has 1 heterocycles. The molecule has 2 radical (unpaired) electrons. The molecule has 4 heteroatoms. The summed E-state index contributed by atoms with van der Waals surface area (Å²) in [5.74, 6) is 0.125. The predicted octanol–water partition coefficient (Wildman–Crippen LogP) is 4.48. The van der Waals surface area contributed by atoms with Gasteiger partial charge in [-0.1, -0.05) is 56.2 Å². The van der Waals surface area contributed by atoms with Gasteiger partial charge >= 0.3 is 8.05 Å². The maximum atomic E-state index is 12.1. The van der Waals surface area contributed by atoms with E-state index in [-0.39, 0.29) is 11.9 Å². The van der Waals surface area contributed by atoms with Crippen molar-refractivity contribution in [3.63, 3.8) is 0 Å². The Labute approximate surface area is 158 Å². The molecule has 1 fully saturated rings. The molecule has 0 N–H and O–H groups in total. The Hall–Kier alpha value is -1.81. The Bertz CT molecular complexity index is 725. The van der Waals surface area contributed by atoms with Crippen LogP contribution in [0.25, 0.3) is 10.8 Å². The summed E-state index contributed by atoms with van der Waals surface area (Å²) in [6.45, 7) is 5.17. The number of benzene rings is 2. The lowest BCUT2D eigenvalue weighted by molar-refractivity contribution is -0.141. The van der Waals surface area contributed by atoms with E-state index in [2.05, 4.69) is 58.9 Å². The number of likely N-dealkylation sites (tertiary alicyclic amines) is 1. The van der Waals surface area contributed by atoms with Crippen LogP contribution >= 0.6 is 0 Å². The lowest BCUT2D eigenvalue weighted by Gasteiger charge is -2.35. The van der Waals surface area contributed by atoms with Gasteiger partial charge in [0.05, 0.1) is 5.92 Å². The Balaban J connectivity index is 1.57. The molecule has 136 valence electrons. The van der Waals surface area contributed by atoms with Crippen molar-refractivity contribution in [1.29, 1.82) is 0 Å². The molecule has 0 amide bonds. The number of carbonyl (C=O) groups excluding carboxylic acids is 1. The van der Waals surface area contributed by atoms with Crippen molar-refractivity contribution < 1.29 is 9.45 Å². The zero-order valence-corrected chi connectivity index (χ0v) is 15.7. The van der Waals surface area contributed by atoms with E-state index in [9.17, 15) is 4.79 Å². The maximum absolute atomic E-state index is 12.1. The second-order valence-electron chi connectivity index (χ2n) is 7.48. The van der Waals surface area contributed by atoms with Gasteiger partial charge < -0.3 is 4.65 Å². The van der Waals surface area contributed by atoms with Crippen molar-refractivity contribution in [3.05, 3.63) is 48.0 Å². The average molecular weight is 349 g/mol. The molecule has 3 rings (SSSR count). The van der Waals surface area contributed by atoms with Gasteiger partial charge in [0.1, 0.15) is 0 Å². The van der Waals surface area contributed by atoms with Crippen LogP contribution in [0.2, 0.25) is 0 Å². The molecule has 1 aliphatic heterocycles. The number of hydrogen-bond acceptors (Lipinski definition) is 3. The van der Waals surface area contributed by atoms with Gasteiger partial charge in [-0.25, -0.2) is 0 Å². The molecule has 0 saturated carbocycles. The van der Waals surface area contributed by atoms with Crippen molar-refractivity contribution in [2.24, 2.45) is 11.8 Å². The average Bonchev–Trinajstić information content (AvgIpc) is 2.69. The molecule has 0 aromatic heterocycles. The highest BCUT2D eigenvalue weighted by Crippen LogP contribution is 2.30. The van der Waals surface area contributed by atoms with E-state index in [1.807, 2.05) is 0 Å². The maximum Gasteiger partial charge on any atom is 0.378 e. The quantitative estimate of drug-likeness (QED) is 0.690. The van der Waals surface area contributed by atoms with Crippen molar-refractivity contribution >= 4 is 24.8 Å². The summed E-state index contributed by atoms with van der Waals surface area (Å²) in [5.41, 5.74) is 1.35. The minimum atomic E-state index is -0.230. The van der Waals surface area contributed by atoms with E-state index in [0.29, 0.717) is 5.92 Å². The van der Waals surface area contributed by atoms with Crippen molar-refractivity contribution in [2.75, 3.05) is 13.1 Å². The van der Waals surface area contributed by atoms with Crippen LogP contribution < -0.4 is 0 Å². The largest absolute Gasteiger partial charge is 0.543 e. The van der Waals surface area contributed by atoms with E-state index >= 15 is 0 Å². The smallest absolute Gasteiger partial charge is 0.378 e. The molecule has 26 heavy (non-hydrogen) atoms. The van der Waals surface area contributed by atoms with Crippen LogP contribution in [0.1, 0.15) is 44.6 Å². The SMILES string of the molecule is [B]OC(=O)C(CCCC)C1CCN(Cc2ccc3ccccc3c2)CC1. The lowest BCUT2D eigenvalue weighted by atomic mass is 9.81. The second-order valence-corrected chi connectivity index (χ2v) is 7.48. The minimum absolute atomic E-state index is 0.0391. The molecule has 0 bridgehead atoms. The number of carbonyl (C=O) groups is 1. The Morgan fingerprint density at radius 1 is 1.19 bits per heavy atom. The first-order valence-corrected chi connectivity index (χ1v) is 9.82. The number of piperidine rings is 1. The minimum Gasteiger partial charge on any atom is -0.543 e. The van der Waals surface area contributed by atoms with Gasteiger partial charge in [-0.05, 0) is 60.7 Å². The lowest BCUT2D eigenvalue weighted by Crippen LogP contribution is -2.38. The fraction of sp³-hybridized carbons (Fsp3) is 0.500. The molecular formula is C22H28BNO2. The molecule has 0 spiro atoms. The number of nitrogens with zero attached hydrogens (tertiary/aromatic N) is 1. The topological polar surface area (TPSA) is 29.5 Å². The third kappa shape index (κ3) is 4.67. The summed E-state index contributed by atoms with van der Waals surface area (Å²) in [4.78, 5) is 14.5. The molecule has 0 aliphatic carbocycles. The fourth-order valence-electron chi connectivity index (χ4n) is 4.17. The van der Waals surface area contributed by atoms with Crippen LogP contribution in [0.4, 0.5) is 0 Å². The molecule has 1 unspecified atom stereocenters. The van der Waals surface area contributed by atoms with E-state index in [1.165, 1.54) is 16.3 Å². The molecule has 2 aromatic carbocycles. The summed E-state index contributed by atoms with van der Waals surface area (Å²) in [6, 6.07) is 15.2. The van der Waals surface area contributed by atoms with E-state index in [4.69, 9.17) is 8.05 Å². The summed E-state index contributed by atoms with van der Waals surface area (Å²) in [5, 5.41) is 2.58. The summed E-state index contributed by atoms with van der Waals surface area (Å²) < 4.78 is 4.57. The predicted molar refractivity (Wildman–Crippen MR) is 107 cm³/mol. The van der Waals surface area contributed by atoms with Gasteiger partial charge in [-0.15, -0.1) is 0 Å². The molecular weight excluding hydrogens is 321 g/mol. The van der Waals surface area contributed by atoms with Crippen LogP contribution in [0.15, 0.2) is 42.5 Å². The van der Waals surface area contributed by atoms with Gasteiger partial charge in [-0.2, -0.15) is 0 Å². The van der Waals surface area contributed by atoms with E-state index in [0.717, 1.165) is 51.7 Å². The van der Waals surface area contributed by atoms with Crippen LogP contribution in [-0.2, 0) is 16.0 Å². The Morgan fingerprint density at radius 2 is 1.92 bits per heavy atom. The third-order valence-electron chi connectivity index (χ3n) is 5.71. The van der Waals surface area contributed by atoms with Crippen molar-refractivity contribution in [2.45, 2.75) is 45.6 Å². The standard InChI is InChI=1S/C22H28BNO2/c1-2-3-8-21(22(25)26-23)19-11-13-24(14-12-19)16-17-9-10-18-6-4-5-7-20(18)15-17/h4-7,9-10,15,19,21H,2-3,8,11-14,16H2,1H3. The first-order chi connectivity index (χ1) is 12.7. The molecule has 3 nitrogen and oxygen atoms in total. The van der Waals surface area contributed by atoms with Gasteiger partial charge in [0, 0.05) is 6.54 Å². The highest BCUT2D eigenvalue weighted by atomic mass is 16.5. The van der Waals surface area contributed by atoms with Gasteiger partial charge in [0.15, 0.2) is 0 Å². The molecule has 1 aliphatic rings. The van der Waals surface area contributed by atoms with Gasteiger partial charge in [0.2, 0.25) is 0 Å². The monoisotopic (exact) mass is 349 g/mol. The number of rotatable bonds is 7. The van der Waals surface area contributed by atoms with Crippen molar-refractivity contribution in [3.8, 4) is 0 Å². The highest BCUT2D eigenvalue weighted by molar-refractivity contribution is 6.05. The number of fused-ring (bicyclic) bond motifs is 1. The molecule has 1 atom stereocenters. The number of hydrogen-bond donors (Lipinski definition) is 0. The van der Waals surface area contributed by atoms with E-state index < -0.39 is 0 Å². The summed E-state index contributed by atoms with van der Waals surface area (Å²) in [6.07, 6.45) is 5.11. The Morgan fingerprint density at radius 3 is 2.62 bits per heavy atom. The zero-order valence-electron chi connectivity index (χ0n) is 15.7. The Kier molecular flexibility index (Phi) is 6.73. The van der Waals surface area contributed by atoms with Crippen LogP contribution in [0.5, 0.6) is 0 Å². The van der Waals surface area contributed by atoms with Crippen LogP contribution in [-0.4, -0.2) is 32.0 Å². The molecule has 2 aromatic rings.